The molecule has 126 valence electrons. The number of nitrogens with zero attached hydrogens (tertiary/aromatic N) is 2. The van der Waals surface area contributed by atoms with E-state index in [1.54, 1.807) is 12.3 Å². The first-order chi connectivity index (χ1) is 11.6. The molecular formula is C19H23N3O2. The van der Waals surface area contributed by atoms with Gasteiger partial charge in [0.05, 0.1) is 11.6 Å². The third-order valence-corrected chi connectivity index (χ3v) is 4.78. The number of hydrogen-bond donors (Lipinski definition) is 2. The van der Waals surface area contributed by atoms with E-state index in [9.17, 15) is 9.90 Å². The maximum Gasteiger partial charge on any atom is 0.242 e. The first-order valence-electron chi connectivity index (χ1n) is 8.32. The van der Waals surface area contributed by atoms with E-state index in [0.29, 0.717) is 31.7 Å². The Hall–Kier alpha value is -2.24. The van der Waals surface area contributed by atoms with Gasteiger partial charge in [0.1, 0.15) is 5.82 Å². The van der Waals surface area contributed by atoms with Crippen LogP contribution in [0.2, 0.25) is 0 Å². The first kappa shape index (κ1) is 16.6. The Morgan fingerprint density at radius 3 is 2.46 bits per heavy atom. The van der Waals surface area contributed by atoms with Crippen LogP contribution in [0.15, 0.2) is 54.7 Å². The summed E-state index contributed by atoms with van der Waals surface area (Å²) in [7, 11) is 0. The number of piperidine rings is 1. The number of pyridine rings is 1. The van der Waals surface area contributed by atoms with Crippen molar-refractivity contribution >= 4 is 11.7 Å². The van der Waals surface area contributed by atoms with E-state index in [2.05, 4.69) is 15.2 Å². The smallest absolute Gasteiger partial charge is 0.242 e. The van der Waals surface area contributed by atoms with Crippen LogP contribution in [0.25, 0.3) is 0 Å². The molecule has 0 aliphatic carbocycles. The monoisotopic (exact) mass is 325 g/mol. The standard InChI is InChI=1S/C19H23N3O2/c1-15(18(23)21-17-9-5-6-12-20-17)22-13-10-19(24,11-14-22)16-7-3-2-4-8-16/h2-9,12,15,24H,10-11,13-14H2,1H3,(H,20,21,23). The quantitative estimate of drug-likeness (QED) is 0.906. The van der Waals surface area contributed by atoms with Crippen molar-refractivity contribution in [3.05, 3.63) is 60.3 Å². The summed E-state index contributed by atoms with van der Waals surface area (Å²) in [6, 6.07) is 14.9. The fourth-order valence-electron chi connectivity index (χ4n) is 3.15. The number of nitrogens with one attached hydrogen (secondary N) is 1. The van der Waals surface area contributed by atoms with Crippen LogP contribution in [0.3, 0.4) is 0 Å². The van der Waals surface area contributed by atoms with Crippen LogP contribution >= 0.6 is 0 Å². The van der Waals surface area contributed by atoms with Gasteiger partial charge < -0.3 is 10.4 Å². The summed E-state index contributed by atoms with van der Waals surface area (Å²) < 4.78 is 0. The van der Waals surface area contributed by atoms with Crippen LogP contribution in [0.1, 0.15) is 25.3 Å². The third-order valence-electron chi connectivity index (χ3n) is 4.78. The predicted octanol–water partition coefficient (Wildman–Crippen LogP) is 2.39. The van der Waals surface area contributed by atoms with E-state index >= 15 is 0 Å². The molecule has 5 heteroatoms. The average molecular weight is 325 g/mol. The number of rotatable bonds is 4. The van der Waals surface area contributed by atoms with Crippen LogP contribution in [-0.2, 0) is 10.4 Å². The van der Waals surface area contributed by atoms with Gasteiger partial charge >= 0.3 is 0 Å². The molecule has 1 atom stereocenters. The van der Waals surface area contributed by atoms with Crippen molar-refractivity contribution in [3.8, 4) is 0 Å². The fourth-order valence-corrected chi connectivity index (χ4v) is 3.15. The molecule has 1 unspecified atom stereocenters. The van der Waals surface area contributed by atoms with Crippen LogP contribution in [0, 0.1) is 0 Å². The molecule has 0 radical (unpaired) electrons. The minimum atomic E-state index is -0.797. The Bertz CT molecular complexity index is 668. The second-order valence-electron chi connectivity index (χ2n) is 6.31. The molecule has 2 aromatic rings. The maximum atomic E-state index is 12.4. The van der Waals surface area contributed by atoms with Crippen molar-refractivity contribution in [2.45, 2.75) is 31.4 Å². The van der Waals surface area contributed by atoms with Gasteiger partial charge in [-0.05, 0) is 37.5 Å². The molecule has 5 nitrogen and oxygen atoms in total. The summed E-state index contributed by atoms with van der Waals surface area (Å²) in [5.74, 6) is 0.492. The number of anilines is 1. The van der Waals surface area contributed by atoms with Crippen LogP contribution in [0.5, 0.6) is 0 Å². The number of hydrogen-bond acceptors (Lipinski definition) is 4. The molecule has 0 spiro atoms. The molecule has 1 aromatic heterocycles. The van der Waals surface area contributed by atoms with E-state index in [1.165, 1.54) is 0 Å². The highest BCUT2D eigenvalue weighted by molar-refractivity contribution is 5.93. The van der Waals surface area contributed by atoms with E-state index < -0.39 is 5.60 Å². The minimum absolute atomic E-state index is 0.0705. The molecule has 1 amide bonds. The summed E-state index contributed by atoms with van der Waals surface area (Å²) in [6.07, 6.45) is 2.90. The molecular weight excluding hydrogens is 302 g/mol. The molecule has 0 saturated carbocycles. The highest BCUT2D eigenvalue weighted by Gasteiger charge is 2.36. The Balaban J connectivity index is 1.59. The second-order valence-corrected chi connectivity index (χ2v) is 6.31. The molecule has 24 heavy (non-hydrogen) atoms. The van der Waals surface area contributed by atoms with Crippen molar-refractivity contribution in [1.29, 1.82) is 0 Å². The van der Waals surface area contributed by atoms with Gasteiger partial charge in [0.2, 0.25) is 5.91 Å². The third kappa shape index (κ3) is 3.63. The number of amides is 1. The van der Waals surface area contributed by atoms with Crippen molar-refractivity contribution in [2.75, 3.05) is 18.4 Å². The van der Waals surface area contributed by atoms with Gasteiger partial charge in [-0.15, -0.1) is 0 Å². The molecule has 1 aliphatic heterocycles. The Morgan fingerprint density at radius 2 is 1.83 bits per heavy atom. The first-order valence-corrected chi connectivity index (χ1v) is 8.32. The SMILES string of the molecule is CC(C(=O)Nc1ccccn1)N1CCC(O)(c2ccccc2)CC1. The van der Waals surface area contributed by atoms with Gasteiger partial charge in [0.25, 0.3) is 0 Å². The molecule has 1 aliphatic rings. The van der Waals surface area contributed by atoms with Crippen molar-refractivity contribution in [3.63, 3.8) is 0 Å². The molecule has 1 aromatic carbocycles. The van der Waals surface area contributed by atoms with Gasteiger partial charge in [-0.3, -0.25) is 9.69 Å². The second kappa shape index (κ2) is 7.11. The van der Waals surface area contributed by atoms with E-state index in [1.807, 2.05) is 49.4 Å². The average Bonchev–Trinajstić information content (AvgIpc) is 2.63. The lowest BCUT2D eigenvalue weighted by atomic mass is 9.84. The Labute approximate surface area is 142 Å². The number of benzene rings is 1. The lowest BCUT2D eigenvalue weighted by Crippen LogP contribution is -2.49. The molecule has 1 fully saturated rings. The van der Waals surface area contributed by atoms with Gasteiger partial charge in [0.15, 0.2) is 0 Å². The minimum Gasteiger partial charge on any atom is -0.385 e. The van der Waals surface area contributed by atoms with Gasteiger partial charge in [-0.25, -0.2) is 4.98 Å². The zero-order chi connectivity index (χ0) is 17.0. The highest BCUT2D eigenvalue weighted by atomic mass is 16.3. The van der Waals surface area contributed by atoms with Crippen molar-refractivity contribution in [1.82, 2.24) is 9.88 Å². The molecule has 1 saturated heterocycles. The van der Waals surface area contributed by atoms with Crippen LogP contribution in [-0.4, -0.2) is 40.0 Å². The van der Waals surface area contributed by atoms with E-state index in [0.717, 1.165) is 5.56 Å². The number of carbonyl (C=O) groups is 1. The lowest BCUT2D eigenvalue weighted by Gasteiger charge is -2.40. The van der Waals surface area contributed by atoms with E-state index in [-0.39, 0.29) is 11.9 Å². The summed E-state index contributed by atoms with van der Waals surface area (Å²) in [4.78, 5) is 18.6. The summed E-state index contributed by atoms with van der Waals surface area (Å²) in [5.41, 5.74) is 0.157. The van der Waals surface area contributed by atoms with Gasteiger partial charge in [-0.1, -0.05) is 36.4 Å². The van der Waals surface area contributed by atoms with Gasteiger partial charge in [0, 0.05) is 19.3 Å². The zero-order valence-corrected chi connectivity index (χ0v) is 13.9. The zero-order valence-electron chi connectivity index (χ0n) is 13.9. The van der Waals surface area contributed by atoms with Gasteiger partial charge in [-0.2, -0.15) is 0 Å². The van der Waals surface area contributed by atoms with E-state index in [4.69, 9.17) is 0 Å². The number of likely N-dealkylation sites (tertiary alicyclic amines) is 1. The fraction of sp³-hybridized carbons (Fsp3) is 0.368. The highest BCUT2D eigenvalue weighted by Crippen LogP contribution is 2.33. The normalized spacial score (nSPS) is 18.8. The summed E-state index contributed by atoms with van der Waals surface area (Å²) >= 11 is 0. The molecule has 3 rings (SSSR count). The Kier molecular flexibility index (Phi) is 4.92. The molecule has 0 bridgehead atoms. The summed E-state index contributed by atoms with van der Waals surface area (Å²) in [6.45, 7) is 3.26. The largest absolute Gasteiger partial charge is 0.385 e. The number of aliphatic hydroxyl groups is 1. The van der Waals surface area contributed by atoms with Crippen molar-refractivity contribution < 1.29 is 9.90 Å². The predicted molar refractivity (Wildman–Crippen MR) is 93.5 cm³/mol. The maximum absolute atomic E-state index is 12.4. The number of aromatic nitrogens is 1. The topological polar surface area (TPSA) is 65.5 Å². The van der Waals surface area contributed by atoms with Crippen molar-refractivity contribution in [2.24, 2.45) is 0 Å². The Morgan fingerprint density at radius 1 is 1.17 bits per heavy atom. The van der Waals surface area contributed by atoms with Crippen LogP contribution in [0.4, 0.5) is 5.82 Å². The lowest BCUT2D eigenvalue weighted by molar-refractivity contribution is -0.123. The van der Waals surface area contributed by atoms with Crippen LogP contribution < -0.4 is 5.32 Å². The molecule has 2 N–H and O–H groups in total. The number of carbonyl (C=O) groups excluding carboxylic acids is 1. The summed E-state index contributed by atoms with van der Waals surface area (Å²) in [5, 5.41) is 13.7. The molecule has 2 heterocycles.